The first-order valence-electron chi connectivity index (χ1n) is 7.00. The minimum absolute atomic E-state index is 0.149. The molecule has 0 aliphatic heterocycles. The van der Waals surface area contributed by atoms with Crippen LogP contribution in [0.1, 0.15) is 10.4 Å². The van der Waals surface area contributed by atoms with Crippen molar-refractivity contribution >= 4 is 16.9 Å². The molecule has 110 valence electrons. The molecule has 5 nitrogen and oxygen atoms in total. The van der Waals surface area contributed by atoms with Crippen LogP contribution in [-0.2, 0) is 0 Å². The molecule has 0 saturated carbocycles. The summed E-state index contributed by atoms with van der Waals surface area (Å²) in [5, 5.41) is 2.82. The van der Waals surface area contributed by atoms with Crippen LogP contribution in [-0.4, -0.2) is 29.0 Å². The van der Waals surface area contributed by atoms with Crippen molar-refractivity contribution < 1.29 is 9.53 Å². The van der Waals surface area contributed by atoms with E-state index in [1.54, 1.807) is 30.6 Å². The number of benzene rings is 2. The standard InChI is InChI=1S/C17H15N3O2/c21-17(20-10-11-22-14-4-2-1-3-5-14)13-6-7-15-16(12-13)19-9-8-18-15/h1-9,12H,10-11H2,(H,20,21). The van der Waals surface area contributed by atoms with E-state index in [9.17, 15) is 4.79 Å². The Kier molecular flexibility index (Phi) is 4.25. The number of carbonyl (C=O) groups is 1. The van der Waals surface area contributed by atoms with Gasteiger partial charge in [0.2, 0.25) is 0 Å². The van der Waals surface area contributed by atoms with Crippen LogP contribution in [0.4, 0.5) is 0 Å². The third kappa shape index (κ3) is 3.38. The summed E-state index contributed by atoms with van der Waals surface area (Å²) in [6.45, 7) is 0.857. The molecule has 2 aromatic carbocycles. The monoisotopic (exact) mass is 293 g/mol. The summed E-state index contributed by atoms with van der Waals surface area (Å²) in [5.41, 5.74) is 2.04. The number of ether oxygens (including phenoxy) is 1. The Balaban J connectivity index is 1.54. The van der Waals surface area contributed by atoms with E-state index >= 15 is 0 Å². The largest absolute Gasteiger partial charge is 0.492 e. The Morgan fingerprint density at radius 1 is 1.00 bits per heavy atom. The maximum atomic E-state index is 12.1. The maximum absolute atomic E-state index is 12.1. The normalized spacial score (nSPS) is 10.4. The average Bonchev–Trinajstić information content (AvgIpc) is 2.59. The van der Waals surface area contributed by atoms with Crippen molar-refractivity contribution in [3.8, 4) is 5.75 Å². The summed E-state index contributed by atoms with van der Waals surface area (Å²) in [5.74, 6) is 0.641. The number of hydrogen-bond acceptors (Lipinski definition) is 4. The number of hydrogen-bond donors (Lipinski definition) is 1. The van der Waals surface area contributed by atoms with E-state index in [4.69, 9.17) is 4.74 Å². The van der Waals surface area contributed by atoms with E-state index in [-0.39, 0.29) is 5.91 Å². The number of fused-ring (bicyclic) bond motifs is 1. The molecule has 3 rings (SSSR count). The van der Waals surface area contributed by atoms with Crippen LogP contribution in [0.25, 0.3) is 11.0 Å². The van der Waals surface area contributed by atoms with Gasteiger partial charge >= 0.3 is 0 Å². The second-order valence-electron chi connectivity index (χ2n) is 4.68. The molecule has 1 heterocycles. The van der Waals surface area contributed by atoms with Crippen molar-refractivity contribution in [2.75, 3.05) is 13.2 Å². The van der Waals surface area contributed by atoms with Crippen molar-refractivity contribution in [2.45, 2.75) is 0 Å². The number of rotatable bonds is 5. The molecule has 0 aliphatic carbocycles. The van der Waals surface area contributed by atoms with E-state index in [2.05, 4.69) is 15.3 Å². The highest BCUT2D eigenvalue weighted by molar-refractivity contribution is 5.97. The van der Waals surface area contributed by atoms with Gasteiger partial charge in [-0.2, -0.15) is 0 Å². The fraction of sp³-hybridized carbons (Fsp3) is 0.118. The second-order valence-corrected chi connectivity index (χ2v) is 4.68. The first kappa shape index (κ1) is 14.0. The summed E-state index contributed by atoms with van der Waals surface area (Å²) < 4.78 is 5.53. The molecule has 3 aromatic rings. The highest BCUT2D eigenvalue weighted by Crippen LogP contribution is 2.11. The zero-order valence-electron chi connectivity index (χ0n) is 11.9. The molecule has 0 atom stereocenters. The maximum Gasteiger partial charge on any atom is 0.251 e. The van der Waals surface area contributed by atoms with Crippen LogP contribution in [0.3, 0.4) is 0 Å². The third-order valence-corrected chi connectivity index (χ3v) is 3.13. The van der Waals surface area contributed by atoms with Gasteiger partial charge in [0.15, 0.2) is 0 Å². The van der Waals surface area contributed by atoms with Crippen LogP contribution < -0.4 is 10.1 Å². The average molecular weight is 293 g/mol. The molecular weight excluding hydrogens is 278 g/mol. The first-order valence-corrected chi connectivity index (χ1v) is 7.00. The lowest BCUT2D eigenvalue weighted by Gasteiger charge is -2.08. The minimum atomic E-state index is -0.149. The van der Waals surface area contributed by atoms with Crippen LogP contribution in [0.2, 0.25) is 0 Å². The zero-order valence-corrected chi connectivity index (χ0v) is 11.9. The van der Waals surface area contributed by atoms with Crippen molar-refractivity contribution in [3.63, 3.8) is 0 Å². The highest BCUT2D eigenvalue weighted by Gasteiger charge is 2.06. The van der Waals surface area contributed by atoms with Crippen molar-refractivity contribution in [2.24, 2.45) is 0 Å². The number of amides is 1. The molecule has 0 spiro atoms. The number of nitrogens with one attached hydrogen (secondary N) is 1. The minimum Gasteiger partial charge on any atom is -0.492 e. The molecule has 0 aliphatic rings. The lowest BCUT2D eigenvalue weighted by atomic mass is 10.2. The van der Waals surface area contributed by atoms with Gasteiger partial charge in [-0.25, -0.2) is 0 Å². The zero-order chi connectivity index (χ0) is 15.2. The predicted octanol–water partition coefficient (Wildman–Crippen LogP) is 2.44. The summed E-state index contributed by atoms with van der Waals surface area (Å²) >= 11 is 0. The van der Waals surface area contributed by atoms with Gasteiger partial charge in [0.1, 0.15) is 12.4 Å². The Hall–Kier alpha value is -2.95. The van der Waals surface area contributed by atoms with E-state index in [0.29, 0.717) is 24.2 Å². The van der Waals surface area contributed by atoms with Crippen molar-refractivity contribution in [3.05, 3.63) is 66.5 Å². The molecule has 0 radical (unpaired) electrons. The number of para-hydroxylation sites is 1. The van der Waals surface area contributed by atoms with Crippen molar-refractivity contribution in [1.82, 2.24) is 15.3 Å². The van der Waals surface area contributed by atoms with Gasteiger partial charge in [0, 0.05) is 18.0 Å². The molecule has 1 N–H and O–H groups in total. The summed E-state index contributed by atoms with van der Waals surface area (Å²) in [7, 11) is 0. The van der Waals surface area contributed by atoms with Crippen molar-refractivity contribution in [1.29, 1.82) is 0 Å². The smallest absolute Gasteiger partial charge is 0.251 e. The molecule has 5 heteroatoms. The quantitative estimate of drug-likeness (QED) is 0.734. The molecule has 0 fully saturated rings. The van der Waals surface area contributed by atoms with Crippen LogP contribution in [0.5, 0.6) is 5.75 Å². The van der Waals surface area contributed by atoms with Gasteiger partial charge in [0.05, 0.1) is 17.6 Å². The van der Waals surface area contributed by atoms with Crippen LogP contribution in [0, 0.1) is 0 Å². The third-order valence-electron chi connectivity index (χ3n) is 3.13. The highest BCUT2D eigenvalue weighted by atomic mass is 16.5. The molecule has 1 amide bonds. The topological polar surface area (TPSA) is 64.1 Å². The fourth-order valence-electron chi connectivity index (χ4n) is 2.06. The first-order chi connectivity index (χ1) is 10.8. The van der Waals surface area contributed by atoms with Gasteiger partial charge in [-0.15, -0.1) is 0 Å². The number of nitrogens with zero attached hydrogens (tertiary/aromatic N) is 2. The second kappa shape index (κ2) is 6.67. The van der Waals surface area contributed by atoms with Crippen LogP contribution in [0.15, 0.2) is 60.9 Å². The Morgan fingerprint density at radius 2 is 1.77 bits per heavy atom. The van der Waals surface area contributed by atoms with Gasteiger partial charge in [-0.3, -0.25) is 14.8 Å². The van der Waals surface area contributed by atoms with Gasteiger partial charge in [0.25, 0.3) is 5.91 Å². The Labute approximate surface area is 128 Å². The Bertz CT molecular complexity index is 775. The summed E-state index contributed by atoms with van der Waals surface area (Å²) in [6.07, 6.45) is 3.24. The van der Waals surface area contributed by atoms with Crippen LogP contribution >= 0.6 is 0 Å². The van der Waals surface area contributed by atoms with Gasteiger partial charge < -0.3 is 10.1 Å². The lowest BCUT2D eigenvalue weighted by Crippen LogP contribution is -2.28. The van der Waals surface area contributed by atoms with E-state index in [1.165, 1.54) is 0 Å². The number of carbonyl (C=O) groups excluding carboxylic acids is 1. The molecular formula is C17H15N3O2. The molecule has 22 heavy (non-hydrogen) atoms. The van der Waals surface area contributed by atoms with E-state index in [0.717, 1.165) is 11.3 Å². The predicted molar refractivity (Wildman–Crippen MR) is 83.8 cm³/mol. The van der Waals surface area contributed by atoms with E-state index in [1.807, 2.05) is 30.3 Å². The summed E-state index contributed by atoms with van der Waals surface area (Å²) in [4.78, 5) is 20.5. The molecule has 0 saturated heterocycles. The number of aromatic nitrogens is 2. The Morgan fingerprint density at radius 3 is 2.59 bits per heavy atom. The molecule has 0 bridgehead atoms. The van der Waals surface area contributed by atoms with Gasteiger partial charge in [-0.1, -0.05) is 18.2 Å². The fourth-order valence-corrected chi connectivity index (χ4v) is 2.06. The molecule has 0 unspecified atom stereocenters. The van der Waals surface area contributed by atoms with Gasteiger partial charge in [-0.05, 0) is 30.3 Å². The lowest BCUT2D eigenvalue weighted by molar-refractivity contribution is 0.0947. The molecule has 1 aromatic heterocycles. The summed E-state index contributed by atoms with van der Waals surface area (Å²) in [6, 6.07) is 14.8. The van der Waals surface area contributed by atoms with E-state index < -0.39 is 0 Å². The SMILES string of the molecule is O=C(NCCOc1ccccc1)c1ccc2nccnc2c1.